The van der Waals surface area contributed by atoms with E-state index in [4.69, 9.17) is 5.73 Å². The predicted octanol–water partition coefficient (Wildman–Crippen LogP) is 2.17. The summed E-state index contributed by atoms with van der Waals surface area (Å²) in [5, 5.41) is 7.47. The zero-order valence-electron chi connectivity index (χ0n) is 13.9. The van der Waals surface area contributed by atoms with Gasteiger partial charge in [0.2, 0.25) is 5.91 Å². The van der Waals surface area contributed by atoms with Gasteiger partial charge in [-0.15, -0.1) is 11.3 Å². The zero-order chi connectivity index (χ0) is 19.2. The molecular weight excluding hydrogens is 367 g/mol. The van der Waals surface area contributed by atoms with Crippen molar-refractivity contribution in [2.45, 2.75) is 19.1 Å². The first-order valence-electron chi connectivity index (χ1n) is 7.64. The topological polar surface area (TPSA) is 92.4 Å². The Balaban J connectivity index is 1.82. The quantitative estimate of drug-likeness (QED) is 0.525. The maximum absolute atomic E-state index is 12.5. The molecule has 0 aliphatic carbocycles. The molecule has 26 heavy (non-hydrogen) atoms. The van der Waals surface area contributed by atoms with Crippen molar-refractivity contribution in [1.29, 1.82) is 0 Å². The fourth-order valence-corrected chi connectivity index (χ4v) is 2.89. The van der Waals surface area contributed by atoms with E-state index in [2.05, 4.69) is 20.6 Å². The Hall–Kier alpha value is -2.62. The third-order valence-electron chi connectivity index (χ3n) is 3.37. The molecule has 0 saturated carbocycles. The number of aromatic nitrogens is 1. The molecule has 0 aliphatic rings. The third kappa shape index (κ3) is 5.73. The van der Waals surface area contributed by atoms with Gasteiger partial charge >= 0.3 is 6.18 Å². The summed E-state index contributed by atoms with van der Waals surface area (Å²) in [6.07, 6.45) is -4.07. The van der Waals surface area contributed by atoms with Gasteiger partial charge in [0.05, 0.1) is 5.01 Å². The zero-order valence-corrected chi connectivity index (χ0v) is 14.7. The molecule has 2 aromatic rings. The van der Waals surface area contributed by atoms with E-state index in [0.29, 0.717) is 36.0 Å². The molecule has 2 rings (SSSR count). The minimum Gasteiger partial charge on any atom is -0.366 e. The number of hydrogen-bond donors (Lipinski definition) is 3. The van der Waals surface area contributed by atoms with Crippen molar-refractivity contribution in [2.24, 2.45) is 10.7 Å². The van der Waals surface area contributed by atoms with E-state index in [9.17, 15) is 18.0 Å². The number of nitrogens with zero attached hydrogens (tertiary/aromatic N) is 2. The molecule has 1 aromatic carbocycles. The number of amides is 1. The number of nitrogens with two attached hydrogens (primary N) is 1. The molecule has 0 atom stereocenters. The second-order valence-corrected chi connectivity index (χ2v) is 6.23. The number of hydrogen-bond acceptors (Lipinski definition) is 4. The monoisotopic (exact) mass is 385 g/mol. The highest BCUT2D eigenvalue weighted by atomic mass is 32.1. The van der Waals surface area contributed by atoms with Crippen molar-refractivity contribution in [1.82, 2.24) is 15.6 Å². The Morgan fingerprint density at radius 1 is 1.35 bits per heavy atom. The number of guanidine groups is 1. The van der Waals surface area contributed by atoms with Crippen molar-refractivity contribution in [3.8, 4) is 0 Å². The molecule has 4 N–H and O–H groups in total. The van der Waals surface area contributed by atoms with Crippen LogP contribution in [0.15, 0.2) is 34.6 Å². The Labute approximate surface area is 152 Å². The average molecular weight is 385 g/mol. The largest absolute Gasteiger partial charge is 0.434 e. The molecule has 0 radical (unpaired) electrons. The minimum absolute atomic E-state index is 0.346. The van der Waals surface area contributed by atoms with E-state index in [0.717, 1.165) is 22.3 Å². The summed E-state index contributed by atoms with van der Waals surface area (Å²) in [5.74, 6) is -0.0156. The molecule has 1 amide bonds. The van der Waals surface area contributed by atoms with Gasteiger partial charge in [-0.3, -0.25) is 9.79 Å². The first-order chi connectivity index (χ1) is 12.3. The number of nitrogens with one attached hydrogen (secondary N) is 2. The van der Waals surface area contributed by atoms with E-state index < -0.39 is 17.8 Å². The van der Waals surface area contributed by atoms with Crippen LogP contribution >= 0.6 is 11.3 Å². The average Bonchev–Trinajstić information content (AvgIpc) is 3.07. The molecule has 0 saturated heterocycles. The second kappa shape index (κ2) is 8.65. The van der Waals surface area contributed by atoms with Crippen LogP contribution < -0.4 is 16.4 Å². The molecule has 0 unspecified atom stereocenters. The lowest BCUT2D eigenvalue weighted by molar-refractivity contribution is -0.140. The van der Waals surface area contributed by atoms with Gasteiger partial charge in [0.15, 0.2) is 11.7 Å². The minimum atomic E-state index is -4.42. The number of halogens is 3. The van der Waals surface area contributed by atoms with E-state index in [1.165, 1.54) is 0 Å². The number of thiazole rings is 1. The van der Waals surface area contributed by atoms with Crippen LogP contribution in [0, 0.1) is 0 Å². The van der Waals surface area contributed by atoms with Crippen LogP contribution in [0.1, 0.15) is 26.6 Å². The number of primary amides is 1. The van der Waals surface area contributed by atoms with Gasteiger partial charge in [-0.2, -0.15) is 13.2 Å². The van der Waals surface area contributed by atoms with Gasteiger partial charge in [-0.05, 0) is 17.7 Å². The molecule has 6 nitrogen and oxygen atoms in total. The molecular formula is C16H18F3N5OS. The molecule has 0 bridgehead atoms. The number of carbonyl (C=O) groups excluding carboxylic acids is 1. The fourth-order valence-electron chi connectivity index (χ4n) is 2.08. The SMILES string of the molecule is CN=C(NCCc1nc(C(F)(F)F)cs1)NCc1cccc(C(N)=O)c1. The Kier molecular flexibility index (Phi) is 6.56. The highest BCUT2D eigenvalue weighted by Gasteiger charge is 2.33. The van der Waals surface area contributed by atoms with Crippen LogP contribution in [0.5, 0.6) is 0 Å². The van der Waals surface area contributed by atoms with Crippen LogP contribution in [0.25, 0.3) is 0 Å². The predicted molar refractivity (Wildman–Crippen MR) is 94.0 cm³/mol. The highest BCUT2D eigenvalue weighted by molar-refractivity contribution is 7.09. The highest BCUT2D eigenvalue weighted by Crippen LogP contribution is 2.29. The maximum atomic E-state index is 12.5. The number of rotatable bonds is 6. The third-order valence-corrected chi connectivity index (χ3v) is 4.28. The van der Waals surface area contributed by atoms with Gasteiger partial charge < -0.3 is 16.4 Å². The van der Waals surface area contributed by atoms with E-state index in [1.807, 2.05) is 6.07 Å². The van der Waals surface area contributed by atoms with Crippen LogP contribution in [0.3, 0.4) is 0 Å². The van der Waals surface area contributed by atoms with Crippen LogP contribution in [-0.4, -0.2) is 30.4 Å². The van der Waals surface area contributed by atoms with Gasteiger partial charge in [0.1, 0.15) is 0 Å². The lowest BCUT2D eigenvalue weighted by Gasteiger charge is -2.11. The Morgan fingerprint density at radius 2 is 2.12 bits per heavy atom. The number of benzene rings is 1. The van der Waals surface area contributed by atoms with Crippen molar-refractivity contribution in [3.05, 3.63) is 51.5 Å². The molecule has 140 valence electrons. The summed E-state index contributed by atoms with van der Waals surface area (Å²) < 4.78 is 37.5. The maximum Gasteiger partial charge on any atom is 0.434 e. The van der Waals surface area contributed by atoms with E-state index in [1.54, 1.807) is 25.2 Å². The molecule has 0 spiro atoms. The van der Waals surface area contributed by atoms with Crippen molar-refractivity contribution >= 4 is 23.2 Å². The van der Waals surface area contributed by atoms with Gasteiger partial charge in [0, 0.05) is 37.5 Å². The Morgan fingerprint density at radius 3 is 2.73 bits per heavy atom. The molecule has 10 heteroatoms. The first kappa shape index (κ1) is 19.7. The number of alkyl halides is 3. The van der Waals surface area contributed by atoms with Crippen molar-refractivity contribution < 1.29 is 18.0 Å². The summed E-state index contributed by atoms with van der Waals surface area (Å²) >= 11 is 0.975. The summed E-state index contributed by atoms with van der Waals surface area (Å²) in [5.41, 5.74) is 5.64. The molecule has 1 heterocycles. The van der Waals surface area contributed by atoms with Crippen molar-refractivity contribution in [3.63, 3.8) is 0 Å². The lowest BCUT2D eigenvalue weighted by atomic mass is 10.1. The summed E-state index contributed by atoms with van der Waals surface area (Å²) in [7, 11) is 1.58. The Bertz CT molecular complexity index is 788. The van der Waals surface area contributed by atoms with Crippen LogP contribution in [0.2, 0.25) is 0 Å². The number of carbonyl (C=O) groups is 1. The fraction of sp³-hybridized carbons (Fsp3) is 0.312. The van der Waals surface area contributed by atoms with Crippen LogP contribution in [-0.2, 0) is 19.1 Å². The second-order valence-electron chi connectivity index (χ2n) is 5.29. The van der Waals surface area contributed by atoms with E-state index in [-0.39, 0.29) is 0 Å². The van der Waals surface area contributed by atoms with Gasteiger partial charge in [0.25, 0.3) is 0 Å². The van der Waals surface area contributed by atoms with Crippen LogP contribution in [0.4, 0.5) is 13.2 Å². The lowest BCUT2D eigenvalue weighted by Crippen LogP contribution is -2.37. The molecule has 1 aromatic heterocycles. The smallest absolute Gasteiger partial charge is 0.366 e. The van der Waals surface area contributed by atoms with Gasteiger partial charge in [-0.25, -0.2) is 4.98 Å². The summed E-state index contributed by atoms with van der Waals surface area (Å²) in [4.78, 5) is 18.8. The normalized spacial score (nSPS) is 12.1. The molecule has 0 aliphatic heterocycles. The summed E-state index contributed by atoms with van der Waals surface area (Å²) in [6, 6.07) is 6.87. The van der Waals surface area contributed by atoms with Gasteiger partial charge in [-0.1, -0.05) is 12.1 Å². The number of aliphatic imine (C=N–C) groups is 1. The summed E-state index contributed by atoms with van der Waals surface area (Å²) in [6.45, 7) is 0.794. The first-order valence-corrected chi connectivity index (χ1v) is 8.52. The standard InChI is InChI=1S/C16H18F3N5OS/c1-21-15(23-8-10-3-2-4-11(7-10)14(20)25)22-6-5-13-24-12(9-26-13)16(17,18)19/h2-4,7,9H,5-6,8H2,1H3,(H2,20,25)(H2,21,22,23). The van der Waals surface area contributed by atoms with E-state index >= 15 is 0 Å². The molecule has 0 fully saturated rings. The van der Waals surface area contributed by atoms with Crippen molar-refractivity contribution in [2.75, 3.05) is 13.6 Å².